The lowest BCUT2D eigenvalue weighted by Gasteiger charge is -2.29. The van der Waals surface area contributed by atoms with Crippen molar-refractivity contribution < 1.29 is 9.53 Å². The van der Waals surface area contributed by atoms with Crippen LogP contribution < -0.4 is 20.3 Å². The average molecular weight is 540 g/mol. The normalized spacial score (nSPS) is 17.2. The number of ether oxygens (including phenoxy) is 1. The summed E-state index contributed by atoms with van der Waals surface area (Å²) in [5.74, 6) is 0.470. The molecule has 3 heterocycles. The summed E-state index contributed by atoms with van der Waals surface area (Å²) >= 11 is 5.93. The Morgan fingerprint density at radius 1 is 1.03 bits per heavy atom. The highest BCUT2D eigenvalue weighted by Crippen LogP contribution is 2.44. The summed E-state index contributed by atoms with van der Waals surface area (Å²) in [6, 6.07) is 23.9. The smallest absolute Gasteiger partial charge is 0.229 e. The molecule has 2 atom stereocenters. The number of aromatic nitrogens is 2. The number of aryl methyl sites for hydroxylation is 1. The first-order chi connectivity index (χ1) is 18.7. The minimum Gasteiger partial charge on any atom is -0.494 e. The Labute approximate surface area is 234 Å². The van der Waals surface area contributed by atoms with Crippen LogP contribution in [0, 0.1) is 12.3 Å². The van der Waals surface area contributed by atoms with Gasteiger partial charge in [-0.2, -0.15) is 0 Å². The van der Waals surface area contributed by atoms with E-state index < -0.39 is 5.41 Å². The number of amides is 1. The summed E-state index contributed by atoms with van der Waals surface area (Å²) in [4.78, 5) is 19.5. The highest BCUT2D eigenvalue weighted by molar-refractivity contribution is 7.80. The van der Waals surface area contributed by atoms with Gasteiger partial charge in [0.1, 0.15) is 11.8 Å². The van der Waals surface area contributed by atoms with Crippen LogP contribution in [0.4, 0.5) is 11.4 Å². The van der Waals surface area contributed by atoms with Gasteiger partial charge >= 0.3 is 0 Å². The molecule has 1 aliphatic heterocycles. The van der Waals surface area contributed by atoms with Gasteiger partial charge in [-0.1, -0.05) is 44.5 Å². The van der Waals surface area contributed by atoms with E-state index in [2.05, 4.69) is 74.6 Å². The van der Waals surface area contributed by atoms with Crippen LogP contribution in [-0.4, -0.2) is 27.7 Å². The van der Waals surface area contributed by atoms with E-state index >= 15 is 0 Å². The third-order valence-electron chi connectivity index (χ3n) is 6.89. The molecule has 7 nitrogen and oxygen atoms in total. The van der Waals surface area contributed by atoms with Crippen molar-refractivity contribution in [2.75, 3.05) is 17.3 Å². The van der Waals surface area contributed by atoms with Gasteiger partial charge < -0.3 is 24.8 Å². The second-order valence-electron chi connectivity index (χ2n) is 10.7. The van der Waals surface area contributed by atoms with Crippen molar-refractivity contribution in [3.8, 4) is 11.4 Å². The molecule has 1 aliphatic rings. The third kappa shape index (κ3) is 5.25. The Morgan fingerprint density at radius 3 is 2.44 bits per heavy atom. The predicted molar refractivity (Wildman–Crippen MR) is 160 cm³/mol. The van der Waals surface area contributed by atoms with Crippen LogP contribution in [0.2, 0.25) is 0 Å². The Bertz CT molecular complexity index is 1490. The molecule has 0 aliphatic carbocycles. The fourth-order valence-electron chi connectivity index (χ4n) is 4.75. The van der Waals surface area contributed by atoms with E-state index in [9.17, 15) is 4.79 Å². The van der Waals surface area contributed by atoms with Gasteiger partial charge in [0, 0.05) is 40.9 Å². The van der Waals surface area contributed by atoms with Crippen LogP contribution in [0.25, 0.3) is 5.69 Å². The summed E-state index contributed by atoms with van der Waals surface area (Å²) in [5.41, 5.74) is 5.15. The van der Waals surface area contributed by atoms with E-state index in [1.807, 2.05) is 57.2 Å². The molecule has 2 aromatic carbocycles. The van der Waals surface area contributed by atoms with Crippen molar-refractivity contribution in [2.24, 2.45) is 5.41 Å². The van der Waals surface area contributed by atoms with E-state index in [1.165, 1.54) is 5.56 Å². The second-order valence-corrected chi connectivity index (χ2v) is 11.1. The van der Waals surface area contributed by atoms with Crippen LogP contribution >= 0.6 is 12.2 Å². The average Bonchev–Trinajstić information content (AvgIpc) is 3.53. The van der Waals surface area contributed by atoms with E-state index in [1.54, 1.807) is 13.3 Å². The number of hydrogen-bond acceptors (Lipinski definition) is 4. The fourth-order valence-corrected chi connectivity index (χ4v) is 5.10. The highest BCUT2D eigenvalue weighted by Gasteiger charge is 2.42. The van der Waals surface area contributed by atoms with Crippen molar-refractivity contribution in [2.45, 2.75) is 39.8 Å². The molecule has 200 valence electrons. The van der Waals surface area contributed by atoms with Crippen molar-refractivity contribution in [3.63, 3.8) is 0 Å². The predicted octanol–water partition coefficient (Wildman–Crippen LogP) is 6.35. The number of carbonyl (C=O) groups excluding carboxylic acids is 1. The minimum atomic E-state index is -0.535. The largest absolute Gasteiger partial charge is 0.494 e. The number of hydrogen-bond donors (Lipinski definition) is 2. The van der Waals surface area contributed by atoms with Crippen LogP contribution in [0.15, 0.2) is 85.2 Å². The Balaban J connectivity index is 1.60. The number of anilines is 2. The lowest BCUT2D eigenvalue weighted by Crippen LogP contribution is -2.30. The summed E-state index contributed by atoms with van der Waals surface area (Å²) in [6.07, 6.45) is 3.87. The molecule has 5 rings (SSSR count). The van der Waals surface area contributed by atoms with Gasteiger partial charge in [0.25, 0.3) is 0 Å². The van der Waals surface area contributed by atoms with Gasteiger partial charge in [-0.05, 0) is 67.7 Å². The first-order valence-corrected chi connectivity index (χ1v) is 13.3. The molecular formula is C31H33N5O2S. The number of benzene rings is 2. The van der Waals surface area contributed by atoms with Gasteiger partial charge in [-0.25, -0.2) is 0 Å². The number of methoxy groups -OCH3 is 1. The molecule has 0 saturated carbocycles. The molecule has 4 aromatic rings. The van der Waals surface area contributed by atoms with Gasteiger partial charge in [-0.3, -0.25) is 9.78 Å². The maximum absolute atomic E-state index is 12.7. The first-order valence-electron chi connectivity index (χ1n) is 12.9. The van der Waals surface area contributed by atoms with Crippen LogP contribution in [-0.2, 0) is 4.79 Å². The summed E-state index contributed by atoms with van der Waals surface area (Å²) in [6.45, 7) is 7.72. The van der Waals surface area contributed by atoms with Crippen LogP contribution in [0.3, 0.4) is 0 Å². The minimum absolute atomic E-state index is 0.0871. The number of thiocarbonyl (C=S) groups is 1. The summed E-state index contributed by atoms with van der Waals surface area (Å²) in [7, 11) is 1.60. The number of rotatable bonds is 6. The Kier molecular flexibility index (Phi) is 7.14. The zero-order valence-electron chi connectivity index (χ0n) is 22.8. The number of pyridine rings is 1. The molecule has 39 heavy (non-hydrogen) atoms. The van der Waals surface area contributed by atoms with E-state index in [-0.39, 0.29) is 18.0 Å². The maximum Gasteiger partial charge on any atom is 0.229 e. The fraction of sp³-hybridized carbons (Fsp3) is 0.258. The quantitative estimate of drug-likeness (QED) is 0.278. The standard InChI is InChI=1S/C31H33N5O2S/c1-20-11-13-21(14-12-20)35-18-8-10-25(35)28-27(24-9-6-7-17-32-24)34-30(39)36(28)22-15-16-23(26(19-22)38-5)33-29(37)31(2,3)4/h6-19,27-28H,1-5H3,(H,33,37)(H,34,39)/t27-,28+/m0/s1. The topological polar surface area (TPSA) is 71.4 Å². The van der Waals surface area contributed by atoms with Crippen molar-refractivity contribution in [3.05, 3.63) is 102 Å². The first kappa shape index (κ1) is 26.4. The zero-order chi connectivity index (χ0) is 27.7. The zero-order valence-corrected chi connectivity index (χ0v) is 23.6. The number of carbonyl (C=O) groups is 1. The van der Waals surface area contributed by atoms with Gasteiger partial charge in [-0.15, -0.1) is 0 Å². The lowest BCUT2D eigenvalue weighted by molar-refractivity contribution is -0.123. The molecule has 1 fully saturated rings. The number of nitrogens with zero attached hydrogens (tertiary/aromatic N) is 3. The van der Waals surface area contributed by atoms with Crippen LogP contribution in [0.5, 0.6) is 5.75 Å². The molecule has 0 unspecified atom stereocenters. The van der Waals surface area contributed by atoms with Crippen LogP contribution in [0.1, 0.15) is 49.8 Å². The van der Waals surface area contributed by atoms with Gasteiger partial charge in [0.15, 0.2) is 5.11 Å². The van der Waals surface area contributed by atoms with Crippen molar-refractivity contribution in [1.82, 2.24) is 14.9 Å². The molecule has 0 radical (unpaired) electrons. The molecular weight excluding hydrogens is 506 g/mol. The van der Waals surface area contributed by atoms with Gasteiger partial charge in [0.05, 0.1) is 24.5 Å². The lowest BCUT2D eigenvalue weighted by atomic mass is 9.95. The number of nitrogens with one attached hydrogen (secondary N) is 2. The van der Waals surface area contributed by atoms with E-state index in [0.717, 1.165) is 22.8 Å². The SMILES string of the molecule is COc1cc(N2C(=S)N[C@@H](c3ccccn3)[C@H]2c2cccn2-c2ccc(C)cc2)ccc1NC(=O)C(C)(C)C. The third-order valence-corrected chi connectivity index (χ3v) is 7.20. The monoisotopic (exact) mass is 539 g/mol. The molecule has 2 N–H and O–H groups in total. The molecule has 1 saturated heterocycles. The van der Waals surface area contributed by atoms with Gasteiger partial charge in [0.2, 0.25) is 5.91 Å². The highest BCUT2D eigenvalue weighted by atomic mass is 32.1. The molecule has 1 amide bonds. The van der Waals surface area contributed by atoms with E-state index in [0.29, 0.717) is 16.5 Å². The Morgan fingerprint density at radius 2 is 1.77 bits per heavy atom. The molecule has 0 bridgehead atoms. The van der Waals surface area contributed by atoms with E-state index in [4.69, 9.17) is 17.0 Å². The second kappa shape index (κ2) is 10.5. The molecule has 2 aromatic heterocycles. The van der Waals surface area contributed by atoms with Crippen molar-refractivity contribution >= 4 is 34.6 Å². The van der Waals surface area contributed by atoms with Crippen molar-refractivity contribution in [1.29, 1.82) is 0 Å². The summed E-state index contributed by atoms with van der Waals surface area (Å²) in [5, 5.41) is 7.10. The summed E-state index contributed by atoms with van der Waals surface area (Å²) < 4.78 is 7.91. The molecule has 8 heteroatoms. The molecule has 0 spiro atoms. The Hall–Kier alpha value is -4.17. The maximum atomic E-state index is 12.7.